The number of rotatable bonds is 3. The Kier molecular flexibility index (Phi) is 4.71. The van der Waals surface area contributed by atoms with Crippen molar-refractivity contribution in [2.45, 2.75) is 0 Å². The second-order valence-corrected chi connectivity index (χ2v) is 6.17. The molecule has 22 heavy (non-hydrogen) atoms. The molecule has 1 aromatic carbocycles. The molecule has 0 atom stereocenters. The molecule has 0 aliphatic carbocycles. The largest absolute Gasteiger partial charge is 0.455 e. The van der Waals surface area contributed by atoms with Crippen LogP contribution >= 0.6 is 23.2 Å². The molecule has 3 rings (SSSR count). The molecular formula is C16H17Cl2N3O. The van der Waals surface area contributed by atoms with Gasteiger partial charge in [-0.2, -0.15) is 5.10 Å². The van der Waals surface area contributed by atoms with Crippen LogP contribution in [0.1, 0.15) is 5.76 Å². The molecular weight excluding hydrogens is 321 g/mol. The predicted octanol–water partition coefficient (Wildman–Crippen LogP) is 3.83. The first-order valence-corrected chi connectivity index (χ1v) is 7.90. The quantitative estimate of drug-likeness (QED) is 0.797. The Morgan fingerprint density at radius 1 is 1.09 bits per heavy atom. The fraction of sp³-hybridized carbons (Fsp3) is 0.312. The second-order valence-electron chi connectivity index (χ2n) is 5.33. The summed E-state index contributed by atoms with van der Waals surface area (Å²) in [6.07, 6.45) is 1.74. The number of hydrogen-bond acceptors (Lipinski definition) is 4. The highest BCUT2D eigenvalue weighted by molar-refractivity contribution is 6.35. The smallest absolute Gasteiger partial charge is 0.147 e. The number of likely N-dealkylation sites (N-methyl/N-ethyl adjacent to an activating group) is 1. The van der Waals surface area contributed by atoms with Gasteiger partial charge in [-0.1, -0.05) is 23.2 Å². The van der Waals surface area contributed by atoms with Crippen molar-refractivity contribution in [3.8, 4) is 11.3 Å². The van der Waals surface area contributed by atoms with E-state index in [2.05, 4.69) is 22.1 Å². The normalized spacial score (nSPS) is 16.6. The van der Waals surface area contributed by atoms with E-state index in [4.69, 9.17) is 27.6 Å². The fourth-order valence-corrected chi connectivity index (χ4v) is 2.69. The van der Waals surface area contributed by atoms with Crippen molar-refractivity contribution in [1.29, 1.82) is 0 Å². The van der Waals surface area contributed by atoms with Gasteiger partial charge in [0.25, 0.3) is 0 Å². The minimum Gasteiger partial charge on any atom is -0.455 e. The number of benzene rings is 1. The fourth-order valence-electron chi connectivity index (χ4n) is 2.30. The lowest BCUT2D eigenvalue weighted by Crippen LogP contribution is -2.41. The van der Waals surface area contributed by atoms with Crippen LogP contribution in [0.4, 0.5) is 0 Å². The number of piperazine rings is 1. The van der Waals surface area contributed by atoms with Crippen LogP contribution in [0.5, 0.6) is 0 Å². The topological polar surface area (TPSA) is 32.0 Å². The summed E-state index contributed by atoms with van der Waals surface area (Å²) in [6.45, 7) is 3.92. The van der Waals surface area contributed by atoms with E-state index in [1.165, 1.54) is 0 Å². The van der Waals surface area contributed by atoms with E-state index in [1.807, 2.05) is 12.1 Å². The Hall–Kier alpha value is -1.49. The highest BCUT2D eigenvalue weighted by Gasteiger charge is 2.12. The first-order valence-electron chi connectivity index (χ1n) is 7.14. The maximum Gasteiger partial charge on any atom is 0.147 e. The Labute approximate surface area is 139 Å². The average Bonchev–Trinajstić information content (AvgIpc) is 2.98. The number of halogens is 2. The van der Waals surface area contributed by atoms with Crippen LogP contribution in [0, 0.1) is 0 Å². The molecule has 0 bridgehead atoms. The van der Waals surface area contributed by atoms with E-state index in [-0.39, 0.29) is 0 Å². The minimum absolute atomic E-state index is 0.612. The first-order chi connectivity index (χ1) is 10.6. The van der Waals surface area contributed by atoms with Crippen molar-refractivity contribution in [1.82, 2.24) is 9.91 Å². The van der Waals surface area contributed by atoms with Crippen LogP contribution in [0.15, 0.2) is 39.9 Å². The monoisotopic (exact) mass is 337 g/mol. The molecule has 6 heteroatoms. The summed E-state index contributed by atoms with van der Waals surface area (Å²) < 4.78 is 5.79. The van der Waals surface area contributed by atoms with Gasteiger partial charge in [0.2, 0.25) is 0 Å². The van der Waals surface area contributed by atoms with Crippen LogP contribution < -0.4 is 0 Å². The molecule has 0 radical (unpaired) electrons. The Morgan fingerprint density at radius 3 is 2.64 bits per heavy atom. The molecule has 0 spiro atoms. The van der Waals surface area contributed by atoms with E-state index in [9.17, 15) is 0 Å². The predicted molar refractivity (Wildman–Crippen MR) is 90.8 cm³/mol. The van der Waals surface area contributed by atoms with Gasteiger partial charge in [0.1, 0.15) is 11.5 Å². The molecule has 2 heterocycles. The van der Waals surface area contributed by atoms with Crippen LogP contribution in [0.2, 0.25) is 10.0 Å². The standard InChI is InChI=1S/C16H17Cl2N3O/c1-20-6-8-21(9-7-20)19-11-13-3-5-16(22-13)14-10-12(17)2-4-15(14)18/h2-5,10-11H,6-9H2,1H3. The van der Waals surface area contributed by atoms with Gasteiger partial charge in [0.05, 0.1) is 11.2 Å². The lowest BCUT2D eigenvalue weighted by molar-refractivity contribution is 0.159. The number of hydrogen-bond donors (Lipinski definition) is 0. The van der Waals surface area contributed by atoms with Gasteiger partial charge < -0.3 is 9.32 Å². The van der Waals surface area contributed by atoms with Gasteiger partial charge in [-0.05, 0) is 37.4 Å². The third-order valence-electron chi connectivity index (χ3n) is 3.65. The maximum atomic E-state index is 6.19. The minimum atomic E-state index is 0.612. The van der Waals surface area contributed by atoms with Gasteiger partial charge in [-0.15, -0.1) is 0 Å². The van der Waals surface area contributed by atoms with Gasteiger partial charge in [-0.3, -0.25) is 5.01 Å². The van der Waals surface area contributed by atoms with Gasteiger partial charge in [0.15, 0.2) is 0 Å². The van der Waals surface area contributed by atoms with E-state index >= 15 is 0 Å². The summed E-state index contributed by atoms with van der Waals surface area (Å²) in [5.74, 6) is 1.39. The van der Waals surface area contributed by atoms with E-state index in [1.54, 1.807) is 24.4 Å². The van der Waals surface area contributed by atoms with Crippen molar-refractivity contribution in [2.24, 2.45) is 5.10 Å². The van der Waals surface area contributed by atoms with E-state index < -0.39 is 0 Å². The summed E-state index contributed by atoms with van der Waals surface area (Å²) in [7, 11) is 2.12. The molecule has 0 unspecified atom stereocenters. The van der Waals surface area contributed by atoms with Crippen molar-refractivity contribution in [3.05, 3.63) is 46.1 Å². The number of nitrogens with zero attached hydrogens (tertiary/aromatic N) is 3. The van der Waals surface area contributed by atoms with Crippen molar-refractivity contribution in [2.75, 3.05) is 33.2 Å². The second kappa shape index (κ2) is 6.73. The third-order valence-corrected chi connectivity index (χ3v) is 4.21. The van der Waals surface area contributed by atoms with Crippen LogP contribution in [0.3, 0.4) is 0 Å². The van der Waals surface area contributed by atoms with E-state index in [0.29, 0.717) is 21.6 Å². The third kappa shape index (κ3) is 3.64. The summed E-state index contributed by atoms with van der Waals surface area (Å²) in [6, 6.07) is 9.07. The Balaban J connectivity index is 1.72. The average molecular weight is 338 g/mol. The van der Waals surface area contributed by atoms with Gasteiger partial charge in [-0.25, -0.2) is 0 Å². The molecule has 1 fully saturated rings. The van der Waals surface area contributed by atoms with Crippen molar-refractivity contribution >= 4 is 29.4 Å². The van der Waals surface area contributed by atoms with Crippen LogP contribution in [0.25, 0.3) is 11.3 Å². The zero-order valence-corrected chi connectivity index (χ0v) is 13.8. The van der Waals surface area contributed by atoms with Gasteiger partial charge >= 0.3 is 0 Å². The number of furan rings is 1. The van der Waals surface area contributed by atoms with Crippen molar-refractivity contribution in [3.63, 3.8) is 0 Å². The molecule has 1 aliphatic rings. The molecule has 116 valence electrons. The number of hydrazone groups is 1. The van der Waals surface area contributed by atoms with Crippen molar-refractivity contribution < 1.29 is 4.42 Å². The zero-order valence-electron chi connectivity index (χ0n) is 12.3. The first kappa shape index (κ1) is 15.4. The lowest BCUT2D eigenvalue weighted by atomic mass is 10.2. The molecule has 1 aliphatic heterocycles. The summed E-state index contributed by atoms with van der Waals surface area (Å²) in [4.78, 5) is 2.29. The summed E-state index contributed by atoms with van der Waals surface area (Å²) >= 11 is 12.2. The SMILES string of the molecule is CN1CCN(N=Cc2ccc(-c3cc(Cl)ccc3Cl)o2)CC1. The Morgan fingerprint density at radius 2 is 1.86 bits per heavy atom. The molecule has 0 N–H and O–H groups in total. The molecule has 4 nitrogen and oxygen atoms in total. The molecule has 1 saturated heterocycles. The highest BCUT2D eigenvalue weighted by atomic mass is 35.5. The summed E-state index contributed by atoms with van der Waals surface area (Å²) in [5, 5.41) is 7.75. The Bertz CT molecular complexity index is 676. The van der Waals surface area contributed by atoms with E-state index in [0.717, 1.165) is 31.7 Å². The van der Waals surface area contributed by atoms with Crippen LogP contribution in [-0.2, 0) is 0 Å². The molecule has 0 amide bonds. The van der Waals surface area contributed by atoms with Crippen LogP contribution in [-0.4, -0.2) is 49.4 Å². The zero-order chi connectivity index (χ0) is 15.5. The lowest BCUT2D eigenvalue weighted by Gasteiger charge is -2.30. The summed E-state index contributed by atoms with van der Waals surface area (Å²) in [5.41, 5.74) is 0.786. The van der Waals surface area contributed by atoms with Gasteiger partial charge in [0, 0.05) is 36.8 Å². The maximum absolute atomic E-state index is 6.19. The highest BCUT2D eigenvalue weighted by Crippen LogP contribution is 2.31. The molecule has 0 saturated carbocycles. The molecule has 1 aromatic heterocycles. The molecule has 2 aromatic rings.